The van der Waals surface area contributed by atoms with Crippen LogP contribution in [0.4, 0.5) is 0 Å². The molecule has 0 unspecified atom stereocenters. The molecule has 0 bridgehead atoms. The number of Topliss-reactive ketones (excluding diaryl/α,β-unsaturated/α-hetero) is 1. The number of aromatic nitrogens is 2. The minimum Gasteiger partial charge on any atom is -0.462 e. The van der Waals surface area contributed by atoms with Gasteiger partial charge < -0.3 is 41.4 Å². The molecule has 5 aromatic rings. The van der Waals surface area contributed by atoms with E-state index in [-0.39, 0.29) is 73.5 Å². The Balaban J connectivity index is 0.653. The summed E-state index contributed by atoms with van der Waals surface area (Å²) in [6.07, 6.45) is 14.1. The van der Waals surface area contributed by atoms with Gasteiger partial charge in [0.1, 0.15) is 35.8 Å². The lowest BCUT2D eigenvalue weighted by atomic mass is 9.44. The van der Waals surface area contributed by atoms with E-state index < -0.39 is 90.8 Å². The lowest BCUT2D eigenvalue weighted by Crippen LogP contribution is -2.71. The number of hydrogen-bond donors (Lipinski definition) is 0. The molecule has 4 saturated carbocycles. The zero-order chi connectivity index (χ0) is 81.4. The van der Waals surface area contributed by atoms with E-state index in [1.807, 2.05) is 0 Å². The van der Waals surface area contributed by atoms with Crippen molar-refractivity contribution in [2.75, 3.05) is 13.2 Å². The van der Waals surface area contributed by atoms with Gasteiger partial charge in [0.15, 0.2) is 28.2 Å². The van der Waals surface area contributed by atoms with Crippen molar-refractivity contribution in [3.63, 3.8) is 0 Å². The minimum atomic E-state index is -3.04. The molecule has 3 spiro atoms. The second-order valence-corrected chi connectivity index (χ2v) is 62.0. The summed E-state index contributed by atoms with van der Waals surface area (Å²) in [6, 6.07) is 43.8. The number of ether oxygens (including phenoxy) is 5. The molecule has 1 aromatic heterocycles. The predicted octanol–water partition coefficient (Wildman–Crippen LogP) is 18.1. The lowest BCUT2D eigenvalue weighted by Gasteiger charge is -2.63. The first kappa shape index (κ1) is 81.5. The number of allylic oxidation sites excluding steroid dienone is 1. The molecule has 8 aliphatic carbocycles. The zero-order valence-electron chi connectivity index (χ0n) is 73.2. The molecule has 4 saturated heterocycles. The summed E-state index contributed by atoms with van der Waals surface area (Å²) < 4.78 is 70.1. The van der Waals surface area contributed by atoms with Crippen molar-refractivity contribution in [2.45, 2.75) is 309 Å². The fraction of sp³-hybridized carbons (Fsp3) is 0.649. The van der Waals surface area contributed by atoms with Gasteiger partial charge >= 0.3 is 5.97 Å². The molecular formula is C97H134N2O11Si4. The van der Waals surface area contributed by atoms with Gasteiger partial charge in [0.25, 0.3) is 16.6 Å². The Kier molecular flexibility index (Phi) is 19.3. The quantitative estimate of drug-likeness (QED) is 0.0592. The molecule has 17 heteroatoms. The summed E-state index contributed by atoms with van der Waals surface area (Å²) in [5.74, 6) is -1.03. The Morgan fingerprint density at radius 1 is 0.561 bits per heavy atom. The SMILES string of the molecule is CC(=O)O[C@@H]1C[C@H]2[C@@H](CC[C@H]3Cc4nc5c(nc4C[C@@]32C)C[C@@H]2CC[C@H]3C4=CC[C@@H]6[C@H](C)[C@@]7(OC[C@]46C(=O)C[C@@H]3[C@@]2(C)C5)OC(C)(C)C[C@H]7O[Si](c2ccccc2)(c2ccccc2)C(C)(C)C)C2=C[C@@H]3O[C@]4(O[C@](C)(CO[Si](c5ccccc5)(c5ccccc5)C(C)(C)C)C[C@H]4O[Si](C)(C)C(C)(C)C)[C@@H](C)[C@]3(O[Si](C)(C)C)[C@]21C. The molecule has 12 aliphatic rings. The maximum absolute atomic E-state index is 16.0. The molecule has 614 valence electrons. The zero-order valence-corrected chi connectivity index (χ0v) is 77.2. The summed E-state index contributed by atoms with van der Waals surface area (Å²) in [4.78, 5) is 42.0. The lowest BCUT2D eigenvalue weighted by molar-refractivity contribution is -0.334. The molecular weight excluding hydrogens is 1480 g/mol. The standard InChI is InChI=1S/C97H134N2O11Si4/c1-61-72-48-49-73-70-46-44-64-50-77-79(55-91(64,16)74(70)52-81(101)94(72,73)60-102-96(61)84(57-89(13,14)108-96)107-114(88(10,11)12,68-40-32-26-33-41-68)69-42-34-27-35-43-69)98-78-51-65-45-47-71-75(92(65,17)56-80(78)99-77)53-82(104-63(3)100)93(18)76(71)54-83-95(93,110-111(19,20)21)62(2)97(105-83)85(106-112(22,23)86(4,5)6)58-90(15,109-97)59-103-113(87(7,8)9,66-36-28-24-29-37-66)67-38-30-25-31-39-67/h24-43,49,54,61-62,64-65,70-72,74-75,82-85H,44-48,50-53,55-60H2,1-23H3/t61-,62-,64-,65-,70-,71+,72+,74-,75-,82+,83-,84+,85+,90-,91-,92-,93+,94+,95+,96+,97-/m0/s1. The van der Waals surface area contributed by atoms with Gasteiger partial charge in [0.2, 0.25) is 0 Å². The second kappa shape index (κ2) is 27.1. The fourth-order valence-electron chi connectivity index (χ4n) is 27.0. The average Bonchev–Trinajstić information content (AvgIpc) is 1.47. The van der Waals surface area contributed by atoms with Gasteiger partial charge in [-0.1, -0.05) is 235 Å². The van der Waals surface area contributed by atoms with Crippen LogP contribution in [0.2, 0.25) is 47.8 Å². The third-order valence-electron chi connectivity index (χ3n) is 33.2. The normalized spacial score (nSPS) is 38.8. The molecule has 21 atom stereocenters. The maximum atomic E-state index is 16.0. The van der Waals surface area contributed by atoms with Crippen molar-refractivity contribution in [2.24, 2.45) is 74.9 Å². The monoisotopic (exact) mass is 1610 g/mol. The van der Waals surface area contributed by atoms with Crippen molar-refractivity contribution >= 4 is 65.8 Å². The van der Waals surface area contributed by atoms with Crippen LogP contribution >= 0.6 is 0 Å². The highest BCUT2D eigenvalue weighted by Gasteiger charge is 2.82. The molecule has 5 heterocycles. The van der Waals surface area contributed by atoms with E-state index >= 15 is 4.79 Å². The van der Waals surface area contributed by atoms with Gasteiger partial charge in [0.05, 0.1) is 58.0 Å². The Bertz CT molecular complexity index is 4550. The largest absolute Gasteiger partial charge is 0.462 e. The summed E-state index contributed by atoms with van der Waals surface area (Å²) in [5.41, 5.74) is 3.22. The van der Waals surface area contributed by atoms with Gasteiger partial charge in [-0.25, -0.2) is 0 Å². The smallest absolute Gasteiger partial charge is 0.302 e. The highest BCUT2D eigenvalue weighted by atomic mass is 28.4. The number of rotatable bonds is 14. The Hall–Kier alpha value is -4.87. The van der Waals surface area contributed by atoms with E-state index in [9.17, 15) is 4.79 Å². The van der Waals surface area contributed by atoms with Gasteiger partial charge in [0, 0.05) is 38.0 Å². The van der Waals surface area contributed by atoms with Crippen LogP contribution in [-0.2, 0) is 76.7 Å². The average molecular weight is 1620 g/mol. The molecule has 4 aromatic carbocycles. The van der Waals surface area contributed by atoms with Crippen molar-refractivity contribution in [1.29, 1.82) is 0 Å². The highest BCUT2D eigenvalue weighted by molar-refractivity contribution is 7.00. The number of esters is 1. The summed E-state index contributed by atoms with van der Waals surface area (Å²) in [7, 11) is -11.1. The van der Waals surface area contributed by atoms with Gasteiger partial charge in [-0.05, 0) is 213 Å². The topological polar surface area (TPSA) is 143 Å². The molecule has 114 heavy (non-hydrogen) atoms. The minimum absolute atomic E-state index is 0.0381. The van der Waals surface area contributed by atoms with Crippen LogP contribution in [0.1, 0.15) is 205 Å². The number of nitrogens with zero attached hydrogens (tertiary/aromatic N) is 2. The second-order valence-electron chi connectivity index (χ2n) is 44.2. The Labute approximate surface area is 686 Å². The molecule has 0 N–H and O–H groups in total. The molecule has 4 aliphatic heterocycles. The third kappa shape index (κ3) is 11.8. The summed E-state index contributed by atoms with van der Waals surface area (Å²) in [6.45, 7) is 53.7. The van der Waals surface area contributed by atoms with E-state index in [1.54, 1.807) is 6.92 Å². The van der Waals surface area contributed by atoms with E-state index in [0.717, 1.165) is 74.9 Å². The number of carbonyl (C=O) groups excluding carboxylic acids is 2. The molecule has 13 nitrogen and oxygen atoms in total. The summed E-state index contributed by atoms with van der Waals surface area (Å²) >= 11 is 0. The van der Waals surface area contributed by atoms with Crippen molar-refractivity contribution in [3.8, 4) is 0 Å². The highest BCUT2D eigenvalue weighted by Crippen LogP contribution is 2.75. The van der Waals surface area contributed by atoms with E-state index in [4.69, 9.17) is 51.4 Å². The first-order valence-electron chi connectivity index (χ1n) is 44.0. The van der Waals surface area contributed by atoms with Gasteiger partial charge in [-0.15, -0.1) is 0 Å². The third-order valence-corrected chi connectivity index (χ3v) is 48.7. The Morgan fingerprint density at radius 3 is 1.56 bits per heavy atom. The Morgan fingerprint density at radius 2 is 1.06 bits per heavy atom. The maximum Gasteiger partial charge on any atom is 0.302 e. The van der Waals surface area contributed by atoms with Crippen LogP contribution in [0, 0.1) is 74.9 Å². The van der Waals surface area contributed by atoms with Crippen LogP contribution < -0.4 is 20.7 Å². The van der Waals surface area contributed by atoms with Crippen molar-refractivity contribution in [1.82, 2.24) is 9.97 Å². The van der Waals surface area contributed by atoms with Gasteiger partial charge in [-0.3, -0.25) is 19.6 Å². The van der Waals surface area contributed by atoms with Crippen LogP contribution in [0.15, 0.2) is 145 Å². The molecule has 17 rings (SSSR count). The summed E-state index contributed by atoms with van der Waals surface area (Å²) in [5, 5.41) is 4.33. The molecule has 0 radical (unpaired) electrons. The number of carbonyl (C=O) groups is 2. The van der Waals surface area contributed by atoms with Gasteiger partial charge in [-0.2, -0.15) is 0 Å². The van der Waals surface area contributed by atoms with Crippen LogP contribution in [0.25, 0.3) is 0 Å². The first-order valence-corrected chi connectivity index (χ1v) is 54.1. The number of fused-ring (bicyclic) bond motifs is 13. The van der Waals surface area contributed by atoms with Crippen LogP contribution in [0.3, 0.4) is 0 Å². The van der Waals surface area contributed by atoms with Crippen molar-refractivity contribution in [3.05, 3.63) is 167 Å². The van der Waals surface area contributed by atoms with Crippen molar-refractivity contribution < 1.29 is 51.0 Å². The molecule has 8 fully saturated rings. The number of benzene rings is 4. The number of ketones is 1. The van der Waals surface area contributed by atoms with E-state index in [0.29, 0.717) is 62.4 Å². The van der Waals surface area contributed by atoms with Crippen LogP contribution in [0.5, 0.6) is 0 Å². The molecule has 0 amide bonds. The van der Waals surface area contributed by atoms with Crippen LogP contribution in [-0.4, -0.2) is 121 Å². The van der Waals surface area contributed by atoms with E-state index in [1.165, 1.54) is 37.6 Å². The fourth-order valence-corrected chi connectivity index (χ4v) is 39.2. The predicted molar refractivity (Wildman–Crippen MR) is 461 cm³/mol. The first-order chi connectivity index (χ1) is 53.3. The number of hydrogen-bond acceptors (Lipinski definition) is 13. The van der Waals surface area contributed by atoms with E-state index in [2.05, 4.69) is 284 Å².